The first-order chi connectivity index (χ1) is 13.6. The Morgan fingerprint density at radius 2 is 1.86 bits per heavy atom. The van der Waals surface area contributed by atoms with Crippen molar-refractivity contribution in [1.29, 1.82) is 0 Å². The van der Waals surface area contributed by atoms with E-state index in [0.717, 1.165) is 54.1 Å². The van der Waals surface area contributed by atoms with Crippen molar-refractivity contribution in [3.63, 3.8) is 0 Å². The third-order valence-electron chi connectivity index (χ3n) is 5.09. The zero-order valence-electron chi connectivity index (χ0n) is 16.1. The number of hydrogen-bond donors (Lipinski definition) is 1. The predicted octanol–water partition coefficient (Wildman–Crippen LogP) is 4.26. The molecule has 0 unspecified atom stereocenters. The van der Waals surface area contributed by atoms with Crippen LogP contribution in [0.25, 0.3) is 16.9 Å². The van der Waals surface area contributed by atoms with Gasteiger partial charge in [0.15, 0.2) is 0 Å². The molecule has 4 rings (SSSR count). The van der Waals surface area contributed by atoms with Gasteiger partial charge in [-0.25, -0.2) is 4.68 Å². The topological polar surface area (TPSA) is 76.2 Å². The average molecular weight is 377 g/mol. The van der Waals surface area contributed by atoms with E-state index in [0.29, 0.717) is 5.69 Å². The molecular formula is C21H23N5O2. The Balaban J connectivity index is 1.89. The molecule has 1 aliphatic rings. The van der Waals surface area contributed by atoms with Crippen LogP contribution in [-0.4, -0.2) is 35.3 Å². The molecule has 7 heteroatoms. The van der Waals surface area contributed by atoms with Gasteiger partial charge < -0.3 is 10.2 Å². The quantitative estimate of drug-likeness (QED) is 0.543. The number of benzene rings is 2. The van der Waals surface area contributed by atoms with E-state index >= 15 is 0 Å². The number of nitrogens with zero attached hydrogens (tertiary/aromatic N) is 4. The highest BCUT2D eigenvalue weighted by Crippen LogP contribution is 2.36. The first-order valence-electron chi connectivity index (χ1n) is 9.43. The summed E-state index contributed by atoms with van der Waals surface area (Å²) in [6, 6.07) is 15.0. The van der Waals surface area contributed by atoms with Gasteiger partial charge in [-0.05, 0) is 37.5 Å². The summed E-state index contributed by atoms with van der Waals surface area (Å²) in [6.07, 6.45) is 3.02. The Morgan fingerprint density at radius 1 is 1.11 bits per heavy atom. The monoisotopic (exact) mass is 377 g/mol. The van der Waals surface area contributed by atoms with E-state index < -0.39 is 0 Å². The van der Waals surface area contributed by atoms with Crippen LogP contribution in [0.15, 0.2) is 48.5 Å². The molecular weight excluding hydrogens is 354 g/mol. The molecule has 1 aromatic heterocycles. The summed E-state index contributed by atoms with van der Waals surface area (Å²) in [6.45, 7) is 0.832. The second-order valence-corrected chi connectivity index (χ2v) is 7.16. The van der Waals surface area contributed by atoms with Crippen LogP contribution in [0, 0.1) is 10.1 Å². The lowest BCUT2D eigenvalue weighted by molar-refractivity contribution is -0.384. The van der Waals surface area contributed by atoms with Crippen molar-refractivity contribution in [3.8, 4) is 16.9 Å². The van der Waals surface area contributed by atoms with Gasteiger partial charge in [-0.3, -0.25) is 10.1 Å². The third-order valence-corrected chi connectivity index (χ3v) is 5.09. The van der Waals surface area contributed by atoms with E-state index in [-0.39, 0.29) is 10.6 Å². The van der Waals surface area contributed by atoms with Crippen LogP contribution in [0.2, 0.25) is 0 Å². The fraction of sp³-hybridized carbons (Fsp3) is 0.286. The van der Waals surface area contributed by atoms with E-state index in [1.54, 1.807) is 22.9 Å². The lowest BCUT2D eigenvalue weighted by Gasteiger charge is -2.12. The molecule has 2 aromatic carbocycles. The van der Waals surface area contributed by atoms with Gasteiger partial charge in [-0.15, -0.1) is 0 Å². The molecule has 2 heterocycles. The Kier molecular flexibility index (Phi) is 4.73. The van der Waals surface area contributed by atoms with Crippen LogP contribution >= 0.6 is 0 Å². The fourth-order valence-electron chi connectivity index (χ4n) is 3.62. The van der Waals surface area contributed by atoms with Gasteiger partial charge in [0.05, 0.1) is 10.6 Å². The Hall–Kier alpha value is -3.35. The minimum Gasteiger partial charge on any atom is -0.378 e. The summed E-state index contributed by atoms with van der Waals surface area (Å²) in [7, 11) is 4.02. The largest absolute Gasteiger partial charge is 0.378 e. The minimum absolute atomic E-state index is 0.0494. The zero-order valence-corrected chi connectivity index (χ0v) is 16.1. The van der Waals surface area contributed by atoms with Gasteiger partial charge in [-0.2, -0.15) is 5.10 Å². The molecule has 0 aliphatic carbocycles. The molecule has 1 aliphatic heterocycles. The van der Waals surface area contributed by atoms with E-state index in [1.165, 1.54) is 6.07 Å². The molecule has 0 atom stereocenters. The number of anilines is 2. The van der Waals surface area contributed by atoms with E-state index in [4.69, 9.17) is 5.10 Å². The van der Waals surface area contributed by atoms with Gasteiger partial charge in [0.2, 0.25) is 0 Å². The molecule has 144 valence electrons. The van der Waals surface area contributed by atoms with Crippen molar-refractivity contribution in [1.82, 2.24) is 9.78 Å². The number of fused-ring (bicyclic) bond motifs is 1. The number of nitro groups is 1. The summed E-state index contributed by atoms with van der Waals surface area (Å²) >= 11 is 0. The first kappa shape index (κ1) is 18.0. The normalized spacial score (nSPS) is 13.4. The van der Waals surface area contributed by atoms with Crippen molar-refractivity contribution in [3.05, 3.63) is 64.2 Å². The van der Waals surface area contributed by atoms with Crippen LogP contribution in [0.3, 0.4) is 0 Å². The second kappa shape index (κ2) is 7.34. The molecule has 0 saturated heterocycles. The number of para-hydroxylation sites is 2. The van der Waals surface area contributed by atoms with Crippen molar-refractivity contribution in [2.45, 2.75) is 19.3 Å². The summed E-state index contributed by atoms with van der Waals surface area (Å²) in [5.41, 5.74) is 4.66. The highest BCUT2D eigenvalue weighted by molar-refractivity contribution is 5.73. The average Bonchev–Trinajstić information content (AvgIpc) is 2.88. The Labute approximate surface area is 163 Å². The minimum atomic E-state index is -0.355. The molecule has 0 bridgehead atoms. The lowest BCUT2D eigenvalue weighted by Crippen LogP contribution is -2.08. The van der Waals surface area contributed by atoms with E-state index in [9.17, 15) is 10.1 Å². The van der Waals surface area contributed by atoms with Crippen LogP contribution < -0.4 is 10.2 Å². The van der Waals surface area contributed by atoms with Crippen LogP contribution in [0.5, 0.6) is 0 Å². The highest BCUT2D eigenvalue weighted by atomic mass is 16.6. The van der Waals surface area contributed by atoms with Crippen molar-refractivity contribution in [2.75, 3.05) is 30.9 Å². The molecule has 0 radical (unpaired) electrons. The molecule has 0 fully saturated rings. The first-order valence-corrected chi connectivity index (χ1v) is 9.43. The van der Waals surface area contributed by atoms with Crippen LogP contribution in [0.4, 0.5) is 17.2 Å². The molecule has 3 aromatic rings. The Bertz CT molecular complexity index is 1010. The standard InChI is InChI=1S/C21H23N5O2/c1-24(2)16-12-10-15(11-13-16)20-17-7-5-6-14-22-21(17)25(23-20)18-8-3-4-9-19(18)26(27)28/h3-4,8-13,22H,5-7,14H2,1-2H3. The molecule has 0 amide bonds. The summed E-state index contributed by atoms with van der Waals surface area (Å²) < 4.78 is 1.70. The Morgan fingerprint density at radius 3 is 2.57 bits per heavy atom. The number of hydrogen-bond acceptors (Lipinski definition) is 5. The van der Waals surface area contributed by atoms with E-state index in [1.807, 2.05) is 14.1 Å². The fourth-order valence-corrected chi connectivity index (χ4v) is 3.62. The van der Waals surface area contributed by atoms with Crippen molar-refractivity contribution >= 4 is 17.2 Å². The SMILES string of the molecule is CN(C)c1ccc(-c2nn(-c3ccccc3[N+](=O)[O-])c3c2CCCCN3)cc1. The number of aromatic nitrogens is 2. The molecule has 28 heavy (non-hydrogen) atoms. The van der Waals surface area contributed by atoms with Crippen LogP contribution in [0.1, 0.15) is 18.4 Å². The third kappa shape index (κ3) is 3.19. The molecule has 1 N–H and O–H groups in total. The van der Waals surface area contributed by atoms with Gasteiger partial charge in [0, 0.05) is 43.5 Å². The van der Waals surface area contributed by atoms with Crippen molar-refractivity contribution in [2.24, 2.45) is 0 Å². The highest BCUT2D eigenvalue weighted by Gasteiger charge is 2.25. The predicted molar refractivity (Wildman–Crippen MR) is 111 cm³/mol. The molecule has 0 saturated carbocycles. The summed E-state index contributed by atoms with van der Waals surface area (Å²) in [4.78, 5) is 13.2. The number of nitrogens with one attached hydrogen (secondary N) is 1. The van der Waals surface area contributed by atoms with E-state index in [2.05, 4.69) is 34.5 Å². The van der Waals surface area contributed by atoms with Gasteiger partial charge in [0.1, 0.15) is 11.5 Å². The molecule has 0 spiro atoms. The van der Waals surface area contributed by atoms with Gasteiger partial charge in [0.25, 0.3) is 5.69 Å². The maximum Gasteiger partial charge on any atom is 0.294 e. The lowest BCUT2D eigenvalue weighted by atomic mass is 10.0. The van der Waals surface area contributed by atoms with Crippen molar-refractivity contribution < 1.29 is 4.92 Å². The van der Waals surface area contributed by atoms with Gasteiger partial charge in [-0.1, -0.05) is 24.3 Å². The van der Waals surface area contributed by atoms with Gasteiger partial charge >= 0.3 is 0 Å². The number of rotatable bonds is 4. The maximum absolute atomic E-state index is 11.5. The zero-order chi connectivity index (χ0) is 19.7. The molecule has 7 nitrogen and oxygen atoms in total. The summed E-state index contributed by atoms with van der Waals surface area (Å²) in [5, 5.41) is 19.8. The number of nitro benzene ring substituents is 1. The maximum atomic E-state index is 11.5. The smallest absolute Gasteiger partial charge is 0.294 e. The second-order valence-electron chi connectivity index (χ2n) is 7.16. The van der Waals surface area contributed by atoms with Crippen LogP contribution in [-0.2, 0) is 6.42 Å². The summed E-state index contributed by atoms with van der Waals surface area (Å²) in [5.74, 6) is 0.860.